The summed E-state index contributed by atoms with van der Waals surface area (Å²) in [5.41, 5.74) is 0. The summed E-state index contributed by atoms with van der Waals surface area (Å²) in [6, 6.07) is 0. The van der Waals surface area contributed by atoms with Gasteiger partial charge in [0.05, 0.1) is 12.3 Å². The fourth-order valence-electron chi connectivity index (χ4n) is 1.97. The molecule has 1 rings (SSSR count). The Labute approximate surface area is 140 Å². The standard InChI is InChI=1S/C8H14.C7H16P.CHO.CH3.Co/c1-2-4-6-8-7-5-3-1;1-4-7-8(5-2)6-3;1-2;;/h1-2H,3-8H2;1,4-7H2,2-3H3;1H;1H3;/q;3*-1;+3/p+1. The molecule has 0 aromatic heterocycles. The number of hydrogen-bond donors (Lipinski definition) is 0. The van der Waals surface area contributed by atoms with Gasteiger partial charge in [-0.05, 0) is 47.5 Å². The predicted octanol–water partition coefficient (Wildman–Crippen LogP) is 5.54. The SMILES string of the molecule is C1=CCCCCCC1.[CH-]=O.[CH2-]CC[PH+](CC)CC.[CH3-].[Co+3]. The molecule has 0 aliphatic heterocycles. The van der Waals surface area contributed by atoms with Crippen LogP contribution in [0.2, 0.25) is 0 Å². The third-order valence-electron chi connectivity index (χ3n) is 3.19. The second-order valence-electron chi connectivity index (χ2n) is 4.52. The Morgan fingerprint density at radius 2 is 1.40 bits per heavy atom. The fraction of sp³-hybridized carbons (Fsp3) is 0.706. The quantitative estimate of drug-likeness (QED) is 0.283. The molecule has 20 heavy (non-hydrogen) atoms. The van der Waals surface area contributed by atoms with Crippen molar-refractivity contribution in [1.82, 2.24) is 0 Å². The van der Waals surface area contributed by atoms with Crippen molar-refractivity contribution in [1.29, 1.82) is 0 Å². The van der Waals surface area contributed by atoms with Crippen molar-refractivity contribution < 1.29 is 21.6 Å². The van der Waals surface area contributed by atoms with Crippen molar-refractivity contribution in [2.24, 2.45) is 0 Å². The number of rotatable bonds is 4. The summed E-state index contributed by atoms with van der Waals surface area (Å²) in [5.74, 6) is 0. The molecule has 1 aliphatic rings. The maximum absolute atomic E-state index is 7.75. The first-order valence-corrected chi connectivity index (χ1v) is 9.48. The number of hydrogen-bond acceptors (Lipinski definition) is 1. The average molecular weight is 345 g/mol. The van der Waals surface area contributed by atoms with Crippen LogP contribution < -0.4 is 0 Å². The Bertz CT molecular complexity index is 160. The van der Waals surface area contributed by atoms with E-state index in [0.717, 1.165) is 6.42 Å². The minimum atomic E-state index is 0. The van der Waals surface area contributed by atoms with E-state index in [-0.39, 0.29) is 32.1 Å². The van der Waals surface area contributed by atoms with Crippen LogP contribution in [0.15, 0.2) is 12.2 Å². The zero-order chi connectivity index (χ0) is 14.1. The van der Waals surface area contributed by atoms with E-state index in [1.807, 2.05) is 0 Å². The molecule has 122 valence electrons. The Morgan fingerprint density at radius 3 is 1.65 bits per heavy atom. The van der Waals surface area contributed by atoms with Gasteiger partial charge in [0.2, 0.25) is 0 Å². The van der Waals surface area contributed by atoms with Crippen LogP contribution in [-0.2, 0) is 21.6 Å². The Hall–Kier alpha value is 0.346. The second-order valence-corrected chi connectivity index (χ2v) is 7.94. The molecule has 0 atom stereocenters. The third-order valence-corrected chi connectivity index (χ3v) is 6.25. The summed E-state index contributed by atoms with van der Waals surface area (Å²) in [5, 5.41) is 0. The summed E-state index contributed by atoms with van der Waals surface area (Å²) in [4.78, 5) is 7.75. The van der Waals surface area contributed by atoms with Crippen LogP contribution >= 0.6 is 7.92 Å². The van der Waals surface area contributed by atoms with E-state index in [0.29, 0.717) is 0 Å². The van der Waals surface area contributed by atoms with Gasteiger partial charge in [-0.25, -0.2) is 0 Å². The van der Waals surface area contributed by atoms with Crippen LogP contribution in [0.3, 0.4) is 0 Å². The van der Waals surface area contributed by atoms with Gasteiger partial charge in [0.15, 0.2) is 0 Å². The summed E-state index contributed by atoms with van der Waals surface area (Å²) < 4.78 is 0. The van der Waals surface area contributed by atoms with Gasteiger partial charge in [-0.1, -0.05) is 25.0 Å². The first-order chi connectivity index (χ1) is 8.85. The Kier molecular flexibility index (Phi) is 39.4. The van der Waals surface area contributed by atoms with Crippen LogP contribution in [0, 0.1) is 14.4 Å². The molecule has 0 aromatic carbocycles. The predicted molar refractivity (Wildman–Crippen MR) is 94.2 cm³/mol. The second kappa shape index (κ2) is 27.6. The van der Waals surface area contributed by atoms with Crippen molar-refractivity contribution in [3.63, 3.8) is 0 Å². The Morgan fingerprint density at radius 1 is 1.00 bits per heavy atom. The molecule has 0 saturated heterocycles. The van der Waals surface area contributed by atoms with Crippen molar-refractivity contribution in [2.75, 3.05) is 18.5 Å². The van der Waals surface area contributed by atoms with Crippen LogP contribution in [0.25, 0.3) is 0 Å². The van der Waals surface area contributed by atoms with E-state index < -0.39 is 0 Å². The molecule has 1 nitrogen and oxygen atoms in total. The minimum absolute atomic E-state index is 0. The first kappa shape index (κ1) is 28.5. The molecule has 0 N–H and O–H groups in total. The van der Waals surface area contributed by atoms with Gasteiger partial charge >= 0.3 is 16.8 Å². The average Bonchev–Trinajstić information content (AvgIpc) is 2.38. The summed E-state index contributed by atoms with van der Waals surface area (Å²) in [7, 11) is 0.0633. The van der Waals surface area contributed by atoms with Crippen LogP contribution in [-0.4, -0.2) is 25.3 Å². The molecule has 0 radical (unpaired) electrons. The fourth-order valence-corrected chi connectivity index (χ4v) is 3.67. The maximum Gasteiger partial charge on any atom is 3.00 e. The summed E-state index contributed by atoms with van der Waals surface area (Å²) in [6.07, 6.45) is 18.4. The molecule has 0 aromatic rings. The van der Waals surface area contributed by atoms with E-state index in [1.165, 1.54) is 57.0 Å². The van der Waals surface area contributed by atoms with E-state index in [2.05, 4.69) is 39.7 Å². The first-order valence-electron chi connectivity index (χ1n) is 7.36. The summed E-state index contributed by atoms with van der Waals surface area (Å²) >= 11 is 0. The number of allylic oxidation sites excluding steroid dienone is 2. The molecule has 0 amide bonds. The number of carbonyl (C=O) groups excluding carboxylic acids is 1. The molecule has 0 fully saturated rings. The van der Waals surface area contributed by atoms with E-state index in [1.54, 1.807) is 0 Å². The van der Waals surface area contributed by atoms with Crippen molar-refractivity contribution in [3.8, 4) is 0 Å². The molecule has 3 heteroatoms. The molecule has 1 aliphatic carbocycles. The van der Waals surface area contributed by atoms with Gasteiger partial charge in [-0.15, -0.1) is 6.42 Å². The molecule has 0 unspecified atom stereocenters. The third kappa shape index (κ3) is 23.4. The Balaban J connectivity index is -0.000000104. The van der Waals surface area contributed by atoms with Crippen LogP contribution in [0.1, 0.15) is 58.8 Å². The molecular weight excluding hydrogens is 310 g/mol. The minimum Gasteiger partial charge on any atom is -0.545 e. The molecular formula is C17H35CoOP+. The smallest absolute Gasteiger partial charge is 0.545 e. The molecule has 0 heterocycles. The van der Waals surface area contributed by atoms with Crippen LogP contribution in [0.4, 0.5) is 0 Å². The molecule has 0 bridgehead atoms. The zero-order valence-corrected chi connectivity index (χ0v) is 15.8. The van der Waals surface area contributed by atoms with E-state index >= 15 is 0 Å². The maximum atomic E-state index is 7.75. The van der Waals surface area contributed by atoms with Gasteiger partial charge in [0.1, 0.15) is 0 Å². The monoisotopic (exact) mass is 345 g/mol. The van der Waals surface area contributed by atoms with Crippen LogP contribution in [0.5, 0.6) is 0 Å². The van der Waals surface area contributed by atoms with Crippen molar-refractivity contribution >= 4 is 14.7 Å². The van der Waals surface area contributed by atoms with E-state index in [9.17, 15) is 0 Å². The largest absolute Gasteiger partial charge is 3.00 e. The van der Waals surface area contributed by atoms with Gasteiger partial charge < -0.3 is 19.1 Å². The van der Waals surface area contributed by atoms with E-state index in [4.69, 9.17) is 4.79 Å². The van der Waals surface area contributed by atoms with Crippen molar-refractivity contribution in [2.45, 2.75) is 58.8 Å². The molecule has 0 spiro atoms. The van der Waals surface area contributed by atoms with Gasteiger partial charge in [-0.3, -0.25) is 6.79 Å². The summed E-state index contributed by atoms with van der Waals surface area (Å²) in [6.45, 7) is 11.7. The topological polar surface area (TPSA) is 17.1 Å². The van der Waals surface area contributed by atoms with Crippen molar-refractivity contribution in [3.05, 3.63) is 26.5 Å². The zero-order valence-electron chi connectivity index (χ0n) is 13.8. The van der Waals surface area contributed by atoms with Gasteiger partial charge in [0, 0.05) is 6.16 Å². The van der Waals surface area contributed by atoms with Gasteiger partial charge in [-0.2, -0.15) is 0 Å². The molecule has 0 saturated carbocycles. The normalized spacial score (nSPS) is 13.2. The van der Waals surface area contributed by atoms with Gasteiger partial charge in [0.25, 0.3) is 0 Å².